The molecule has 5 nitrogen and oxygen atoms in total. The summed E-state index contributed by atoms with van der Waals surface area (Å²) in [6, 6.07) is 7.54. The molecule has 24 heavy (non-hydrogen) atoms. The molecule has 1 heterocycles. The third-order valence-electron chi connectivity index (χ3n) is 5.54. The molecule has 124 valence electrons. The Morgan fingerprint density at radius 2 is 1.75 bits per heavy atom. The highest BCUT2D eigenvalue weighted by Crippen LogP contribution is 2.52. The Labute approximate surface area is 140 Å². The molecule has 4 atom stereocenters. The molecule has 1 saturated heterocycles. The Morgan fingerprint density at radius 3 is 2.38 bits per heavy atom. The van der Waals surface area contributed by atoms with Crippen LogP contribution in [0.4, 0.5) is 5.69 Å². The van der Waals surface area contributed by atoms with Crippen LogP contribution < -0.4 is 5.32 Å². The first-order valence-corrected chi connectivity index (χ1v) is 8.45. The van der Waals surface area contributed by atoms with Gasteiger partial charge in [0.2, 0.25) is 17.7 Å². The largest absolute Gasteiger partial charge is 0.326 e. The van der Waals surface area contributed by atoms with E-state index in [0.717, 1.165) is 17.7 Å². The minimum atomic E-state index is -0.188. The van der Waals surface area contributed by atoms with Crippen LogP contribution in [0.3, 0.4) is 0 Å². The molecule has 4 rings (SSSR count). The summed E-state index contributed by atoms with van der Waals surface area (Å²) in [4.78, 5) is 38.6. The Hall–Kier alpha value is -2.43. The van der Waals surface area contributed by atoms with E-state index >= 15 is 0 Å². The van der Waals surface area contributed by atoms with Gasteiger partial charge in [-0.1, -0.05) is 30.4 Å². The molecule has 5 heteroatoms. The zero-order chi connectivity index (χ0) is 16.8. The van der Waals surface area contributed by atoms with Gasteiger partial charge in [0.1, 0.15) is 0 Å². The number of likely N-dealkylation sites (tertiary alicyclic amines) is 1. The summed E-state index contributed by atoms with van der Waals surface area (Å²) >= 11 is 0. The maximum absolute atomic E-state index is 12.6. The summed E-state index contributed by atoms with van der Waals surface area (Å²) in [6.45, 7) is 2.09. The van der Waals surface area contributed by atoms with Crippen molar-refractivity contribution in [2.45, 2.75) is 19.8 Å². The molecular weight excluding hydrogens is 304 g/mol. The molecular formula is C19H20N2O3. The van der Waals surface area contributed by atoms with E-state index in [9.17, 15) is 14.4 Å². The monoisotopic (exact) mass is 324 g/mol. The van der Waals surface area contributed by atoms with Gasteiger partial charge >= 0.3 is 0 Å². The first-order chi connectivity index (χ1) is 11.6. The number of amides is 3. The number of nitrogens with zero attached hydrogens (tertiary/aromatic N) is 1. The number of para-hydroxylation sites is 1. The molecule has 1 saturated carbocycles. The lowest BCUT2D eigenvalue weighted by molar-refractivity contribution is -0.140. The van der Waals surface area contributed by atoms with Gasteiger partial charge in [0.15, 0.2) is 0 Å². The van der Waals surface area contributed by atoms with Gasteiger partial charge in [0.25, 0.3) is 0 Å². The van der Waals surface area contributed by atoms with Gasteiger partial charge in [-0.15, -0.1) is 0 Å². The number of anilines is 1. The van der Waals surface area contributed by atoms with Crippen molar-refractivity contribution in [3.63, 3.8) is 0 Å². The Kier molecular flexibility index (Phi) is 3.52. The third kappa shape index (κ3) is 2.27. The Morgan fingerprint density at radius 1 is 1.12 bits per heavy atom. The first kappa shape index (κ1) is 15.1. The van der Waals surface area contributed by atoms with Crippen molar-refractivity contribution in [3.8, 4) is 0 Å². The fourth-order valence-electron chi connectivity index (χ4n) is 4.32. The standard InChI is InChI=1S/C19H20N2O3/c1-11-4-2-3-5-14(11)20-15(22)8-9-21-18(23)16-12-6-7-13(10-12)17(16)19(21)24/h2-7,12-13,16-17H,8-10H2,1H3,(H,20,22)/t12-,13+,16-,17+. The second kappa shape index (κ2) is 5.58. The average molecular weight is 324 g/mol. The van der Waals surface area contributed by atoms with Gasteiger partial charge in [-0.2, -0.15) is 0 Å². The number of allylic oxidation sites excluding steroid dienone is 2. The fraction of sp³-hybridized carbons (Fsp3) is 0.421. The van der Waals surface area contributed by atoms with E-state index in [-0.39, 0.29) is 54.4 Å². The summed E-state index contributed by atoms with van der Waals surface area (Å²) in [6.07, 6.45) is 5.21. The second-order valence-corrected chi connectivity index (χ2v) is 6.94. The van der Waals surface area contributed by atoms with Crippen LogP contribution in [0.15, 0.2) is 36.4 Å². The van der Waals surface area contributed by atoms with Crippen LogP contribution in [-0.2, 0) is 14.4 Å². The molecule has 0 radical (unpaired) electrons. The normalized spacial score (nSPS) is 30.1. The minimum absolute atomic E-state index is 0.0921. The summed E-state index contributed by atoms with van der Waals surface area (Å²) in [5.41, 5.74) is 1.75. The van der Waals surface area contributed by atoms with E-state index in [0.29, 0.717) is 0 Å². The van der Waals surface area contributed by atoms with Crippen LogP contribution in [0, 0.1) is 30.6 Å². The molecule has 2 bridgehead atoms. The average Bonchev–Trinajstić information content (AvgIpc) is 3.23. The summed E-state index contributed by atoms with van der Waals surface area (Å²) in [7, 11) is 0. The Balaban J connectivity index is 1.38. The smallest absolute Gasteiger partial charge is 0.233 e. The van der Waals surface area contributed by atoms with Crippen LogP contribution in [-0.4, -0.2) is 29.2 Å². The maximum atomic E-state index is 12.6. The van der Waals surface area contributed by atoms with Gasteiger partial charge in [0, 0.05) is 18.7 Å². The number of carbonyl (C=O) groups is 3. The number of rotatable bonds is 4. The van der Waals surface area contributed by atoms with Crippen molar-refractivity contribution in [1.82, 2.24) is 4.90 Å². The molecule has 0 unspecified atom stereocenters. The summed E-state index contributed by atoms with van der Waals surface area (Å²) < 4.78 is 0. The highest BCUT2D eigenvalue weighted by atomic mass is 16.2. The highest BCUT2D eigenvalue weighted by Gasteiger charge is 2.58. The molecule has 1 N–H and O–H groups in total. The van der Waals surface area contributed by atoms with Gasteiger partial charge in [-0.05, 0) is 36.8 Å². The van der Waals surface area contributed by atoms with Gasteiger partial charge in [-0.3, -0.25) is 19.3 Å². The molecule has 2 aliphatic carbocycles. The molecule has 0 aromatic heterocycles. The van der Waals surface area contributed by atoms with E-state index in [2.05, 4.69) is 17.5 Å². The van der Waals surface area contributed by atoms with Crippen LogP contribution in [0.1, 0.15) is 18.4 Å². The van der Waals surface area contributed by atoms with E-state index in [1.807, 2.05) is 31.2 Å². The van der Waals surface area contributed by atoms with Crippen LogP contribution in [0.25, 0.3) is 0 Å². The SMILES string of the molecule is Cc1ccccc1NC(=O)CCN1C(=O)[C@@H]2[C@H](C1=O)[C@@H]1C=C[C@H]2C1. The zero-order valence-corrected chi connectivity index (χ0v) is 13.6. The number of fused-ring (bicyclic) bond motifs is 5. The molecule has 1 aliphatic heterocycles. The lowest BCUT2D eigenvalue weighted by atomic mass is 9.85. The van der Waals surface area contributed by atoms with Gasteiger partial charge in [-0.25, -0.2) is 0 Å². The summed E-state index contributed by atoms with van der Waals surface area (Å²) in [5, 5.41) is 2.84. The molecule has 1 aromatic rings. The second-order valence-electron chi connectivity index (χ2n) is 6.94. The van der Waals surface area contributed by atoms with Crippen molar-refractivity contribution < 1.29 is 14.4 Å². The third-order valence-corrected chi connectivity index (χ3v) is 5.54. The Bertz CT molecular complexity index is 725. The van der Waals surface area contributed by atoms with Crippen molar-refractivity contribution in [1.29, 1.82) is 0 Å². The molecule has 2 fully saturated rings. The first-order valence-electron chi connectivity index (χ1n) is 8.45. The van der Waals surface area contributed by atoms with Gasteiger partial charge in [0.05, 0.1) is 11.8 Å². The maximum Gasteiger partial charge on any atom is 0.233 e. The molecule has 0 spiro atoms. The van der Waals surface area contributed by atoms with Gasteiger partial charge < -0.3 is 5.32 Å². The topological polar surface area (TPSA) is 66.5 Å². The number of hydrogen-bond acceptors (Lipinski definition) is 3. The van der Waals surface area contributed by atoms with Crippen molar-refractivity contribution >= 4 is 23.4 Å². The van der Waals surface area contributed by atoms with E-state index in [4.69, 9.17) is 0 Å². The number of hydrogen-bond donors (Lipinski definition) is 1. The molecule has 3 amide bonds. The summed E-state index contributed by atoms with van der Waals surface area (Å²) in [5.74, 6) is -0.317. The van der Waals surface area contributed by atoms with E-state index in [1.165, 1.54) is 4.90 Å². The highest BCUT2D eigenvalue weighted by molar-refractivity contribution is 6.06. The van der Waals surface area contributed by atoms with Crippen molar-refractivity contribution in [2.75, 3.05) is 11.9 Å². The van der Waals surface area contributed by atoms with Crippen LogP contribution >= 0.6 is 0 Å². The predicted octanol–water partition coefficient (Wildman–Crippen LogP) is 2.13. The molecule has 3 aliphatic rings. The number of benzene rings is 1. The van der Waals surface area contributed by atoms with Crippen LogP contribution in [0.5, 0.6) is 0 Å². The van der Waals surface area contributed by atoms with Crippen LogP contribution in [0.2, 0.25) is 0 Å². The van der Waals surface area contributed by atoms with E-state index < -0.39 is 0 Å². The van der Waals surface area contributed by atoms with E-state index in [1.54, 1.807) is 0 Å². The lowest BCUT2D eigenvalue weighted by Gasteiger charge is -2.17. The number of imide groups is 1. The molecule has 1 aromatic carbocycles. The van der Waals surface area contributed by atoms with Crippen molar-refractivity contribution in [2.24, 2.45) is 23.7 Å². The number of aryl methyl sites for hydroxylation is 1. The quantitative estimate of drug-likeness (QED) is 0.681. The number of carbonyl (C=O) groups excluding carboxylic acids is 3. The zero-order valence-electron chi connectivity index (χ0n) is 13.6. The predicted molar refractivity (Wildman–Crippen MR) is 88.9 cm³/mol. The van der Waals surface area contributed by atoms with Crippen molar-refractivity contribution in [3.05, 3.63) is 42.0 Å². The number of nitrogens with one attached hydrogen (secondary N) is 1. The fourth-order valence-corrected chi connectivity index (χ4v) is 4.32. The lowest BCUT2D eigenvalue weighted by Crippen LogP contribution is -2.35. The minimum Gasteiger partial charge on any atom is -0.326 e.